The van der Waals surface area contributed by atoms with Crippen molar-refractivity contribution in [2.24, 2.45) is 10.4 Å². The van der Waals surface area contributed by atoms with Gasteiger partial charge in [-0.2, -0.15) is 5.06 Å². The highest BCUT2D eigenvalue weighted by atomic mass is 35.5. The lowest BCUT2D eigenvalue weighted by Crippen LogP contribution is -2.46. The van der Waals surface area contributed by atoms with Crippen molar-refractivity contribution in [2.45, 2.75) is 51.2 Å². The molecule has 0 radical (unpaired) electrons. The Morgan fingerprint density at radius 3 is 2.79 bits per heavy atom. The molecular formula is C28H31ClF3N5O5S. The molecule has 0 aliphatic carbocycles. The molecule has 4 heterocycles. The molecule has 0 amide bonds. The monoisotopic (exact) mass is 641 g/mol. The number of amidine groups is 1. The second kappa shape index (κ2) is 12.2. The van der Waals surface area contributed by atoms with Gasteiger partial charge in [0.1, 0.15) is 17.9 Å². The summed E-state index contributed by atoms with van der Waals surface area (Å²) in [5, 5.41) is 15.7. The van der Waals surface area contributed by atoms with E-state index >= 15 is 8.78 Å². The zero-order chi connectivity index (χ0) is 31.1. The van der Waals surface area contributed by atoms with E-state index in [1.807, 2.05) is 0 Å². The Balaban J connectivity index is 1.51. The van der Waals surface area contributed by atoms with Gasteiger partial charge in [0.05, 0.1) is 41.8 Å². The number of hydroxylamine groups is 2. The molecule has 1 aromatic heterocycles. The van der Waals surface area contributed by atoms with Crippen LogP contribution in [0, 0.1) is 11.2 Å². The molecule has 2 N–H and O–H groups in total. The summed E-state index contributed by atoms with van der Waals surface area (Å²) in [4.78, 5) is 41.1. The van der Waals surface area contributed by atoms with Crippen molar-refractivity contribution in [1.29, 1.82) is 0 Å². The van der Waals surface area contributed by atoms with E-state index in [-0.39, 0.29) is 60.4 Å². The number of aromatic nitrogens is 1. The number of aliphatic imine (C=N–C) groups is 1. The van der Waals surface area contributed by atoms with Gasteiger partial charge in [-0.1, -0.05) is 23.7 Å². The third-order valence-electron chi connectivity index (χ3n) is 7.83. The molecule has 3 atom stereocenters. The van der Waals surface area contributed by atoms with E-state index in [2.05, 4.69) is 15.3 Å². The Hall–Kier alpha value is -3.04. The Labute approximate surface area is 255 Å². The second-order valence-electron chi connectivity index (χ2n) is 11.2. The summed E-state index contributed by atoms with van der Waals surface area (Å²) in [6.07, 6.45) is 1.67. The molecule has 3 aliphatic rings. The summed E-state index contributed by atoms with van der Waals surface area (Å²) in [5.41, 5.74) is -0.663. The minimum atomic E-state index is -3.20. The fraction of sp³-hybridized carbons (Fsp3) is 0.500. The minimum Gasteiger partial charge on any atom is -0.481 e. The molecule has 1 aromatic carbocycles. The van der Waals surface area contributed by atoms with Crippen LogP contribution in [0.1, 0.15) is 43.8 Å². The molecule has 15 heteroatoms. The number of nitrogens with zero attached hydrogens (tertiary/aromatic N) is 4. The van der Waals surface area contributed by atoms with Gasteiger partial charge in [0.2, 0.25) is 0 Å². The summed E-state index contributed by atoms with van der Waals surface area (Å²) >= 11 is 7.62. The number of halogens is 4. The van der Waals surface area contributed by atoms with E-state index in [0.717, 1.165) is 0 Å². The molecule has 0 spiro atoms. The maximum atomic E-state index is 15.5. The predicted molar refractivity (Wildman–Crippen MR) is 152 cm³/mol. The fourth-order valence-electron chi connectivity index (χ4n) is 5.47. The molecule has 3 aliphatic heterocycles. The quantitative estimate of drug-likeness (QED) is 0.367. The summed E-state index contributed by atoms with van der Waals surface area (Å²) in [6, 6.07) is 0.977. The van der Waals surface area contributed by atoms with Crippen molar-refractivity contribution < 1.29 is 37.4 Å². The van der Waals surface area contributed by atoms with Crippen LogP contribution >= 0.6 is 22.9 Å². The molecule has 0 saturated carbocycles. The van der Waals surface area contributed by atoms with Crippen LogP contribution in [-0.2, 0) is 19.2 Å². The van der Waals surface area contributed by atoms with Crippen LogP contribution in [0.5, 0.6) is 0 Å². The average Bonchev–Trinajstić information content (AvgIpc) is 3.68. The lowest BCUT2D eigenvalue weighted by Gasteiger charge is -2.30. The number of rotatable bonds is 10. The van der Waals surface area contributed by atoms with Gasteiger partial charge in [-0.05, 0) is 33.3 Å². The van der Waals surface area contributed by atoms with E-state index in [1.165, 1.54) is 47.3 Å². The molecule has 43 heavy (non-hydrogen) atoms. The number of alkyl halides is 2. The van der Waals surface area contributed by atoms with E-state index in [4.69, 9.17) is 21.2 Å². The van der Waals surface area contributed by atoms with Gasteiger partial charge in [-0.15, -0.1) is 11.3 Å². The second-order valence-corrected chi connectivity index (χ2v) is 12.4. The van der Waals surface area contributed by atoms with Gasteiger partial charge in [-0.25, -0.2) is 22.9 Å². The van der Waals surface area contributed by atoms with Crippen molar-refractivity contribution in [2.75, 3.05) is 32.8 Å². The van der Waals surface area contributed by atoms with Crippen LogP contribution < -0.4 is 5.32 Å². The maximum Gasteiger partial charge on any atom is 0.338 e. The molecule has 10 nitrogen and oxygen atoms in total. The number of hydrogen-bond acceptors (Lipinski definition) is 10. The van der Waals surface area contributed by atoms with Crippen LogP contribution in [0.25, 0.3) is 0 Å². The largest absolute Gasteiger partial charge is 0.481 e. The SMILES string of the molecule is CCOC(=O)C1=C(CN2CC(F)(F)[C@@H]3[C@H]2CON3CCC(C)(C)C(=O)O)NC(c2nccs2)=N[C@H]1c1cccc(F)c1Cl. The molecule has 2 aromatic rings. The van der Waals surface area contributed by atoms with E-state index < -0.39 is 53.8 Å². The first kappa shape index (κ1) is 31.4. The van der Waals surface area contributed by atoms with Crippen molar-refractivity contribution in [1.82, 2.24) is 20.3 Å². The number of esters is 1. The van der Waals surface area contributed by atoms with Gasteiger partial charge in [-0.3, -0.25) is 19.5 Å². The summed E-state index contributed by atoms with van der Waals surface area (Å²) in [6.45, 7) is 3.89. The molecule has 2 saturated heterocycles. The molecular weight excluding hydrogens is 611 g/mol. The number of carboxylic acid groups (broad SMARTS) is 1. The Kier molecular flexibility index (Phi) is 8.87. The summed E-state index contributed by atoms with van der Waals surface area (Å²) in [5.74, 6) is -5.42. The third kappa shape index (κ3) is 6.16. The first-order valence-corrected chi connectivity index (χ1v) is 14.9. The van der Waals surface area contributed by atoms with Crippen molar-refractivity contribution in [3.05, 3.63) is 62.5 Å². The zero-order valence-electron chi connectivity index (χ0n) is 23.7. The smallest absolute Gasteiger partial charge is 0.338 e. The molecule has 5 rings (SSSR count). The molecule has 2 fully saturated rings. The van der Waals surface area contributed by atoms with Crippen LogP contribution in [-0.4, -0.2) is 88.7 Å². The van der Waals surface area contributed by atoms with Crippen LogP contribution in [0.2, 0.25) is 5.02 Å². The van der Waals surface area contributed by atoms with Crippen molar-refractivity contribution in [3.8, 4) is 0 Å². The van der Waals surface area contributed by atoms with Gasteiger partial charge < -0.3 is 15.2 Å². The standard InChI is InChI=1S/C28H31ClF3N5O5S/c1-4-41-25(38)19-17(34-23(24-33-9-11-43-24)35-21(19)15-6-5-7-16(30)20(15)29)12-36-14-28(31,32)22-18(36)13-42-37(22)10-8-27(2,3)26(39)40/h5-7,9,11,18,21-22H,4,8,10,12-14H2,1-3H3,(H,34,35)(H,39,40)/t18-,21+,22+/m1/s1. The molecule has 232 valence electrons. The maximum absolute atomic E-state index is 15.5. The van der Waals surface area contributed by atoms with Crippen LogP contribution in [0.4, 0.5) is 13.2 Å². The van der Waals surface area contributed by atoms with Gasteiger partial charge >= 0.3 is 11.9 Å². The van der Waals surface area contributed by atoms with Gasteiger partial charge in [0.25, 0.3) is 5.92 Å². The number of carbonyl (C=O) groups is 2. The lowest BCUT2D eigenvalue weighted by atomic mass is 9.89. The Morgan fingerprint density at radius 2 is 2.12 bits per heavy atom. The number of likely N-dealkylation sites (tertiary alicyclic amines) is 1. The lowest BCUT2D eigenvalue weighted by molar-refractivity contribution is -0.186. The number of nitrogens with one attached hydrogen (secondary N) is 1. The fourth-order valence-corrected chi connectivity index (χ4v) is 6.28. The normalized spacial score (nSPS) is 24.1. The number of fused-ring (bicyclic) bond motifs is 1. The number of aliphatic carboxylic acids is 1. The summed E-state index contributed by atoms with van der Waals surface area (Å²) < 4.78 is 51.0. The zero-order valence-corrected chi connectivity index (χ0v) is 25.2. The van der Waals surface area contributed by atoms with Gasteiger partial charge in [0, 0.05) is 35.9 Å². The van der Waals surface area contributed by atoms with Crippen LogP contribution in [0.15, 0.2) is 46.0 Å². The van der Waals surface area contributed by atoms with E-state index in [1.54, 1.807) is 24.6 Å². The topological polar surface area (TPSA) is 117 Å². The highest BCUT2D eigenvalue weighted by Gasteiger charge is 2.61. The Morgan fingerprint density at radius 1 is 1.35 bits per heavy atom. The first-order valence-electron chi connectivity index (χ1n) is 13.7. The number of thiazole rings is 1. The van der Waals surface area contributed by atoms with Gasteiger partial charge in [0.15, 0.2) is 10.8 Å². The summed E-state index contributed by atoms with van der Waals surface area (Å²) in [7, 11) is 0. The number of hydrogen-bond donors (Lipinski definition) is 2. The highest BCUT2D eigenvalue weighted by Crippen LogP contribution is 2.43. The number of carbonyl (C=O) groups excluding carboxylic acids is 1. The van der Waals surface area contributed by atoms with E-state index in [9.17, 15) is 19.1 Å². The Bertz CT molecular complexity index is 1450. The predicted octanol–water partition coefficient (Wildman–Crippen LogP) is 4.28. The van der Waals surface area contributed by atoms with E-state index in [0.29, 0.717) is 5.01 Å². The number of carboxylic acids is 1. The highest BCUT2D eigenvalue weighted by molar-refractivity contribution is 7.11. The molecule has 0 unspecified atom stereocenters. The van der Waals surface area contributed by atoms with Crippen molar-refractivity contribution in [3.63, 3.8) is 0 Å². The first-order chi connectivity index (χ1) is 20.3. The minimum absolute atomic E-state index is 0.0000827. The molecule has 0 bridgehead atoms. The van der Waals surface area contributed by atoms with Crippen LogP contribution in [0.3, 0.4) is 0 Å². The number of ether oxygens (including phenoxy) is 1. The number of benzene rings is 1. The average molecular weight is 642 g/mol. The van der Waals surface area contributed by atoms with Crippen molar-refractivity contribution >= 4 is 40.7 Å². The third-order valence-corrected chi connectivity index (χ3v) is 9.01.